The normalized spacial score (nSPS) is 19.5. The zero-order valence-corrected chi connectivity index (χ0v) is 13.6. The predicted molar refractivity (Wildman–Crippen MR) is 90.7 cm³/mol. The van der Waals surface area contributed by atoms with Crippen molar-refractivity contribution in [3.63, 3.8) is 0 Å². The molecule has 0 spiro atoms. The van der Waals surface area contributed by atoms with Crippen molar-refractivity contribution in [2.24, 2.45) is 0 Å². The highest BCUT2D eigenvalue weighted by Crippen LogP contribution is 2.39. The Balaban J connectivity index is 2.01. The zero-order chi connectivity index (χ0) is 17.3. The quantitative estimate of drug-likeness (QED) is 0.940. The fourth-order valence-corrected chi connectivity index (χ4v) is 3.23. The third-order valence-corrected chi connectivity index (χ3v) is 4.44. The molecule has 0 unspecified atom stereocenters. The number of methoxy groups -OCH3 is 1. The van der Waals surface area contributed by atoms with E-state index in [1.165, 1.54) is 0 Å². The predicted octanol–water partition coefficient (Wildman–Crippen LogP) is 3.30. The van der Waals surface area contributed by atoms with Gasteiger partial charge in [0.1, 0.15) is 5.75 Å². The van der Waals surface area contributed by atoms with E-state index in [-0.39, 0.29) is 11.9 Å². The highest BCUT2D eigenvalue weighted by molar-refractivity contribution is 6.07. The van der Waals surface area contributed by atoms with Gasteiger partial charge in [-0.25, -0.2) is 0 Å². The molecule has 0 saturated carbocycles. The fraction of sp³-hybridized carbons (Fsp3) is 0.263. The first-order chi connectivity index (χ1) is 11.5. The van der Waals surface area contributed by atoms with Crippen LogP contribution >= 0.6 is 0 Å². The molecule has 0 fully saturated rings. The van der Waals surface area contributed by atoms with Crippen LogP contribution in [0.25, 0.3) is 0 Å². The van der Waals surface area contributed by atoms with Gasteiger partial charge in [0.2, 0.25) is 0 Å². The van der Waals surface area contributed by atoms with E-state index in [0.717, 1.165) is 0 Å². The lowest BCUT2D eigenvalue weighted by Gasteiger charge is -2.38. The Morgan fingerprint density at radius 2 is 1.79 bits per heavy atom. The van der Waals surface area contributed by atoms with Gasteiger partial charge in [-0.15, -0.1) is 0 Å². The number of para-hydroxylation sites is 1. The minimum Gasteiger partial charge on any atom is -0.497 e. The van der Waals surface area contributed by atoms with Crippen LogP contribution in [0, 0.1) is 0 Å². The first-order valence-corrected chi connectivity index (χ1v) is 7.82. The van der Waals surface area contributed by atoms with Crippen LogP contribution in [0.3, 0.4) is 0 Å². The third-order valence-electron chi connectivity index (χ3n) is 4.44. The largest absolute Gasteiger partial charge is 0.497 e. The molecule has 0 radical (unpaired) electrons. The van der Waals surface area contributed by atoms with E-state index >= 15 is 0 Å². The van der Waals surface area contributed by atoms with Gasteiger partial charge in [0.05, 0.1) is 13.0 Å². The molecule has 24 heavy (non-hydrogen) atoms. The number of carbonyl (C=O) groups excluding carboxylic acids is 1. The van der Waals surface area contributed by atoms with Crippen molar-refractivity contribution >= 4 is 17.6 Å². The standard InChI is InChI=1S/C19H19NO4/c1-12-11-16(19(22)23)15-5-3-4-6-17(15)20(12)18(21)13-7-9-14(24-2)10-8-13/h3-10,12,16H,11H2,1-2H3,(H,22,23)/t12-,16-/m1/s1. The molecule has 0 aliphatic carbocycles. The number of fused-ring (bicyclic) bond motifs is 1. The maximum Gasteiger partial charge on any atom is 0.311 e. The van der Waals surface area contributed by atoms with E-state index in [2.05, 4.69) is 0 Å². The molecule has 124 valence electrons. The van der Waals surface area contributed by atoms with Gasteiger partial charge in [0.15, 0.2) is 0 Å². The molecule has 1 aliphatic heterocycles. The van der Waals surface area contributed by atoms with Gasteiger partial charge in [-0.05, 0) is 49.2 Å². The molecule has 2 aromatic rings. The lowest BCUT2D eigenvalue weighted by molar-refractivity contribution is -0.139. The molecule has 2 atom stereocenters. The van der Waals surface area contributed by atoms with Crippen LogP contribution < -0.4 is 9.64 Å². The van der Waals surface area contributed by atoms with Gasteiger partial charge in [-0.1, -0.05) is 18.2 Å². The topological polar surface area (TPSA) is 66.8 Å². The second-order valence-electron chi connectivity index (χ2n) is 5.94. The van der Waals surface area contributed by atoms with Gasteiger partial charge >= 0.3 is 5.97 Å². The van der Waals surface area contributed by atoms with E-state index in [1.807, 2.05) is 19.1 Å². The molecule has 3 rings (SSSR count). The maximum absolute atomic E-state index is 13.0. The number of hydrogen-bond acceptors (Lipinski definition) is 3. The van der Waals surface area contributed by atoms with Gasteiger partial charge in [0.25, 0.3) is 5.91 Å². The fourth-order valence-electron chi connectivity index (χ4n) is 3.23. The monoisotopic (exact) mass is 325 g/mol. The smallest absolute Gasteiger partial charge is 0.311 e. The SMILES string of the molecule is COc1ccc(C(=O)N2c3ccccc3[C@H](C(=O)O)C[C@H]2C)cc1. The van der Waals surface area contributed by atoms with Gasteiger partial charge < -0.3 is 14.7 Å². The summed E-state index contributed by atoms with van der Waals surface area (Å²) in [7, 11) is 1.58. The minimum atomic E-state index is -0.856. The van der Waals surface area contributed by atoms with Crippen molar-refractivity contribution in [3.8, 4) is 5.75 Å². The first-order valence-electron chi connectivity index (χ1n) is 7.82. The van der Waals surface area contributed by atoms with Crippen LogP contribution in [0.15, 0.2) is 48.5 Å². The van der Waals surface area contributed by atoms with E-state index in [4.69, 9.17) is 4.74 Å². The summed E-state index contributed by atoms with van der Waals surface area (Å²) >= 11 is 0. The van der Waals surface area contributed by atoms with Crippen LogP contribution in [0.5, 0.6) is 5.75 Å². The van der Waals surface area contributed by atoms with E-state index in [9.17, 15) is 14.7 Å². The van der Waals surface area contributed by atoms with Crippen LogP contribution in [0.2, 0.25) is 0 Å². The van der Waals surface area contributed by atoms with Gasteiger partial charge in [-0.3, -0.25) is 9.59 Å². The summed E-state index contributed by atoms with van der Waals surface area (Å²) in [5, 5.41) is 9.49. The summed E-state index contributed by atoms with van der Waals surface area (Å²) in [6.07, 6.45) is 0.397. The number of benzene rings is 2. The Morgan fingerprint density at radius 3 is 2.42 bits per heavy atom. The average Bonchev–Trinajstić information content (AvgIpc) is 2.60. The van der Waals surface area contributed by atoms with E-state index in [1.54, 1.807) is 48.4 Å². The van der Waals surface area contributed by atoms with Crippen molar-refractivity contribution < 1.29 is 19.4 Å². The summed E-state index contributed by atoms with van der Waals surface area (Å²) < 4.78 is 5.12. The van der Waals surface area contributed by atoms with Crippen molar-refractivity contribution in [2.75, 3.05) is 12.0 Å². The highest BCUT2D eigenvalue weighted by Gasteiger charge is 2.37. The molecule has 1 N–H and O–H groups in total. The number of rotatable bonds is 3. The van der Waals surface area contributed by atoms with Crippen molar-refractivity contribution in [3.05, 3.63) is 59.7 Å². The number of amides is 1. The number of hydrogen-bond donors (Lipinski definition) is 1. The zero-order valence-electron chi connectivity index (χ0n) is 13.6. The Bertz CT molecular complexity index is 769. The Kier molecular flexibility index (Phi) is 4.25. The van der Waals surface area contributed by atoms with Crippen LogP contribution in [0.1, 0.15) is 35.2 Å². The number of carboxylic acids is 1. The van der Waals surface area contributed by atoms with Crippen molar-refractivity contribution in [2.45, 2.75) is 25.3 Å². The van der Waals surface area contributed by atoms with Crippen LogP contribution in [0.4, 0.5) is 5.69 Å². The van der Waals surface area contributed by atoms with Gasteiger partial charge in [0, 0.05) is 17.3 Å². The molecule has 2 aromatic carbocycles. The lowest BCUT2D eigenvalue weighted by atomic mass is 9.85. The number of aliphatic carboxylic acids is 1. The Hall–Kier alpha value is -2.82. The van der Waals surface area contributed by atoms with Crippen LogP contribution in [-0.4, -0.2) is 30.1 Å². The van der Waals surface area contributed by atoms with Crippen molar-refractivity contribution in [1.82, 2.24) is 0 Å². The van der Waals surface area contributed by atoms with E-state index < -0.39 is 11.9 Å². The molecule has 1 heterocycles. The number of carbonyl (C=O) groups is 2. The second kappa shape index (κ2) is 6.35. The molecule has 5 nitrogen and oxygen atoms in total. The summed E-state index contributed by atoms with van der Waals surface area (Å²) in [5.41, 5.74) is 1.90. The molecule has 1 amide bonds. The third kappa shape index (κ3) is 2.73. The van der Waals surface area contributed by atoms with Crippen LogP contribution in [-0.2, 0) is 4.79 Å². The molecular formula is C19H19NO4. The lowest BCUT2D eigenvalue weighted by Crippen LogP contribution is -2.44. The minimum absolute atomic E-state index is 0.138. The van der Waals surface area contributed by atoms with Gasteiger partial charge in [-0.2, -0.15) is 0 Å². The summed E-state index contributed by atoms with van der Waals surface area (Å²) in [6.45, 7) is 1.88. The molecular weight excluding hydrogens is 306 g/mol. The molecule has 0 aromatic heterocycles. The summed E-state index contributed by atoms with van der Waals surface area (Å²) in [5.74, 6) is -0.895. The van der Waals surface area contributed by atoms with Crippen molar-refractivity contribution in [1.29, 1.82) is 0 Å². The number of carboxylic acid groups (broad SMARTS) is 1. The highest BCUT2D eigenvalue weighted by atomic mass is 16.5. The number of ether oxygens (including phenoxy) is 1. The average molecular weight is 325 g/mol. The molecule has 0 bridgehead atoms. The molecule has 1 aliphatic rings. The molecule has 0 saturated heterocycles. The Labute approximate surface area is 140 Å². The van der Waals surface area contributed by atoms with E-state index in [0.29, 0.717) is 29.0 Å². The molecule has 5 heteroatoms. The second-order valence-corrected chi connectivity index (χ2v) is 5.94. The summed E-state index contributed by atoms with van der Waals surface area (Å²) in [4.78, 5) is 26.2. The first kappa shape index (κ1) is 16.1. The summed E-state index contributed by atoms with van der Waals surface area (Å²) in [6, 6.07) is 14.0. The number of nitrogens with zero attached hydrogens (tertiary/aromatic N) is 1. The number of anilines is 1. The Morgan fingerprint density at radius 1 is 1.12 bits per heavy atom. The maximum atomic E-state index is 13.0.